The van der Waals surface area contributed by atoms with Crippen LogP contribution in [0.4, 0.5) is 0 Å². The average Bonchev–Trinajstić information content (AvgIpc) is 2.75. The first-order valence-corrected chi connectivity index (χ1v) is 4.78. The lowest BCUT2D eigenvalue weighted by Crippen LogP contribution is -2.35. The molecule has 1 heterocycles. The maximum absolute atomic E-state index is 11.8. The molecule has 1 aliphatic heterocycles. The topological polar surface area (TPSA) is 32.3 Å². The molecule has 1 amide bonds. The smallest absolute Gasteiger partial charge is 0.244 e. The van der Waals surface area contributed by atoms with Gasteiger partial charge in [0.05, 0.1) is 11.7 Å². The van der Waals surface area contributed by atoms with Crippen molar-refractivity contribution in [2.24, 2.45) is 0 Å². The highest BCUT2D eigenvalue weighted by atomic mass is 16.2. The fourth-order valence-corrected chi connectivity index (χ4v) is 2.01. The van der Waals surface area contributed by atoms with Crippen molar-refractivity contribution in [2.75, 3.05) is 6.54 Å². The second-order valence-corrected chi connectivity index (χ2v) is 3.90. The summed E-state index contributed by atoms with van der Waals surface area (Å²) >= 11 is 0. The van der Waals surface area contributed by atoms with E-state index in [1.807, 2.05) is 4.90 Å². The first-order chi connectivity index (χ1) is 5.69. The predicted molar refractivity (Wildman–Crippen MR) is 46.6 cm³/mol. The Labute approximate surface area is 73.1 Å². The molecule has 2 rings (SSSR count). The van der Waals surface area contributed by atoms with E-state index in [2.05, 4.69) is 19.2 Å². The van der Waals surface area contributed by atoms with Crippen molar-refractivity contribution in [2.45, 2.75) is 44.8 Å². The second kappa shape index (κ2) is 2.46. The molecule has 1 saturated heterocycles. The molecule has 0 aromatic heterocycles. The number of amides is 1. The van der Waals surface area contributed by atoms with E-state index in [1.165, 1.54) is 0 Å². The standard InChI is InChI=1S/C9H16N2O/c1-3-6-11-7(2)10-9(4-5-9)8(11)12/h7,10H,3-6H2,1-2H3. The summed E-state index contributed by atoms with van der Waals surface area (Å²) in [5, 5.41) is 3.37. The monoisotopic (exact) mass is 168 g/mol. The Kier molecular flexibility index (Phi) is 1.65. The van der Waals surface area contributed by atoms with Crippen molar-refractivity contribution in [1.82, 2.24) is 10.2 Å². The molecule has 0 radical (unpaired) electrons. The van der Waals surface area contributed by atoms with Gasteiger partial charge in [-0.25, -0.2) is 0 Å². The molecule has 3 nitrogen and oxygen atoms in total. The quantitative estimate of drug-likeness (QED) is 0.658. The van der Waals surface area contributed by atoms with E-state index in [9.17, 15) is 4.79 Å². The summed E-state index contributed by atoms with van der Waals surface area (Å²) < 4.78 is 0. The summed E-state index contributed by atoms with van der Waals surface area (Å²) in [6, 6.07) is 0. The van der Waals surface area contributed by atoms with Crippen LogP contribution in [-0.2, 0) is 4.79 Å². The van der Waals surface area contributed by atoms with E-state index < -0.39 is 0 Å². The normalized spacial score (nSPS) is 31.7. The summed E-state index contributed by atoms with van der Waals surface area (Å²) in [4.78, 5) is 13.7. The molecule has 1 aliphatic carbocycles. The molecule has 1 atom stereocenters. The number of rotatable bonds is 2. The number of hydrogen-bond donors (Lipinski definition) is 1. The van der Waals surface area contributed by atoms with Gasteiger partial charge in [-0.1, -0.05) is 6.92 Å². The van der Waals surface area contributed by atoms with E-state index in [0.29, 0.717) is 5.91 Å². The Hall–Kier alpha value is -0.570. The highest BCUT2D eigenvalue weighted by molar-refractivity contribution is 5.91. The molecular formula is C9H16N2O. The molecule has 12 heavy (non-hydrogen) atoms. The van der Waals surface area contributed by atoms with Gasteiger partial charge in [-0.2, -0.15) is 0 Å². The van der Waals surface area contributed by atoms with Crippen molar-refractivity contribution in [3.63, 3.8) is 0 Å². The number of nitrogens with zero attached hydrogens (tertiary/aromatic N) is 1. The van der Waals surface area contributed by atoms with Gasteiger partial charge in [-0.05, 0) is 26.2 Å². The lowest BCUT2D eigenvalue weighted by atomic mass is 10.3. The lowest BCUT2D eigenvalue weighted by molar-refractivity contribution is -0.130. The third-order valence-electron chi connectivity index (χ3n) is 2.84. The molecule has 68 valence electrons. The maximum atomic E-state index is 11.8. The minimum Gasteiger partial charge on any atom is -0.326 e. The summed E-state index contributed by atoms with van der Waals surface area (Å²) in [7, 11) is 0. The number of nitrogens with one attached hydrogen (secondary N) is 1. The van der Waals surface area contributed by atoms with Crippen LogP contribution in [0.2, 0.25) is 0 Å². The minimum atomic E-state index is -0.116. The molecule has 2 fully saturated rings. The SMILES string of the molecule is CCCN1C(=O)C2(CC2)NC1C. The van der Waals surface area contributed by atoms with Crippen LogP contribution >= 0.6 is 0 Å². The van der Waals surface area contributed by atoms with Crippen molar-refractivity contribution in [3.8, 4) is 0 Å². The molecule has 3 heteroatoms. The zero-order valence-electron chi connectivity index (χ0n) is 7.76. The highest BCUT2D eigenvalue weighted by Crippen LogP contribution is 2.41. The van der Waals surface area contributed by atoms with Crippen LogP contribution in [-0.4, -0.2) is 29.1 Å². The predicted octanol–water partition coefficient (Wildman–Crippen LogP) is 0.707. The van der Waals surface area contributed by atoms with Crippen LogP contribution in [0.1, 0.15) is 33.1 Å². The third-order valence-corrected chi connectivity index (χ3v) is 2.84. The minimum absolute atomic E-state index is 0.116. The van der Waals surface area contributed by atoms with Crippen molar-refractivity contribution in [1.29, 1.82) is 0 Å². The first kappa shape index (κ1) is 8.05. The molecule has 0 aromatic carbocycles. The zero-order valence-corrected chi connectivity index (χ0v) is 7.76. The summed E-state index contributed by atoms with van der Waals surface area (Å²) in [5.41, 5.74) is -0.116. The lowest BCUT2D eigenvalue weighted by Gasteiger charge is -2.19. The summed E-state index contributed by atoms with van der Waals surface area (Å²) in [6.45, 7) is 5.08. The fraction of sp³-hybridized carbons (Fsp3) is 0.889. The van der Waals surface area contributed by atoms with Crippen LogP contribution in [0, 0.1) is 0 Å². The average molecular weight is 168 g/mol. The van der Waals surface area contributed by atoms with Gasteiger partial charge < -0.3 is 4.90 Å². The maximum Gasteiger partial charge on any atom is 0.244 e. The van der Waals surface area contributed by atoms with Gasteiger partial charge in [0.2, 0.25) is 5.91 Å². The highest BCUT2D eigenvalue weighted by Gasteiger charge is 2.57. The number of hydrogen-bond acceptors (Lipinski definition) is 2. The van der Waals surface area contributed by atoms with E-state index in [1.54, 1.807) is 0 Å². The van der Waals surface area contributed by atoms with E-state index in [4.69, 9.17) is 0 Å². The number of carbonyl (C=O) groups is 1. The van der Waals surface area contributed by atoms with Crippen LogP contribution in [0.3, 0.4) is 0 Å². The molecule has 1 unspecified atom stereocenters. The molecule has 2 aliphatic rings. The van der Waals surface area contributed by atoms with Crippen LogP contribution < -0.4 is 5.32 Å². The third kappa shape index (κ3) is 0.959. The Morgan fingerprint density at radius 1 is 1.67 bits per heavy atom. The molecule has 1 saturated carbocycles. The van der Waals surface area contributed by atoms with Gasteiger partial charge in [0.25, 0.3) is 0 Å². The summed E-state index contributed by atoms with van der Waals surface area (Å²) in [5.74, 6) is 0.330. The Balaban J connectivity index is 2.09. The van der Waals surface area contributed by atoms with E-state index >= 15 is 0 Å². The van der Waals surface area contributed by atoms with Gasteiger partial charge in [0.1, 0.15) is 0 Å². The first-order valence-electron chi connectivity index (χ1n) is 4.78. The molecule has 0 bridgehead atoms. The molecular weight excluding hydrogens is 152 g/mol. The zero-order chi connectivity index (χ0) is 8.77. The molecule has 1 N–H and O–H groups in total. The van der Waals surface area contributed by atoms with Crippen molar-refractivity contribution >= 4 is 5.91 Å². The fourth-order valence-electron chi connectivity index (χ4n) is 2.01. The van der Waals surface area contributed by atoms with Gasteiger partial charge in [-0.15, -0.1) is 0 Å². The Bertz CT molecular complexity index is 211. The van der Waals surface area contributed by atoms with Crippen LogP contribution in [0.15, 0.2) is 0 Å². The van der Waals surface area contributed by atoms with Crippen LogP contribution in [0.25, 0.3) is 0 Å². The Morgan fingerprint density at radius 2 is 2.33 bits per heavy atom. The molecule has 0 aromatic rings. The van der Waals surface area contributed by atoms with E-state index in [-0.39, 0.29) is 11.7 Å². The van der Waals surface area contributed by atoms with Crippen molar-refractivity contribution in [3.05, 3.63) is 0 Å². The van der Waals surface area contributed by atoms with Gasteiger partial charge in [0.15, 0.2) is 0 Å². The van der Waals surface area contributed by atoms with Gasteiger partial charge in [0, 0.05) is 6.54 Å². The van der Waals surface area contributed by atoms with Crippen molar-refractivity contribution < 1.29 is 4.79 Å². The number of carbonyl (C=O) groups excluding carboxylic acids is 1. The Morgan fingerprint density at radius 3 is 2.75 bits per heavy atom. The summed E-state index contributed by atoms with van der Waals surface area (Å²) in [6.07, 6.45) is 3.38. The van der Waals surface area contributed by atoms with Crippen LogP contribution in [0.5, 0.6) is 0 Å². The second-order valence-electron chi connectivity index (χ2n) is 3.90. The largest absolute Gasteiger partial charge is 0.326 e. The molecule has 1 spiro atoms. The van der Waals surface area contributed by atoms with Gasteiger partial charge >= 0.3 is 0 Å². The van der Waals surface area contributed by atoms with E-state index in [0.717, 1.165) is 25.8 Å². The van der Waals surface area contributed by atoms with Gasteiger partial charge in [-0.3, -0.25) is 10.1 Å².